The van der Waals surface area contributed by atoms with Gasteiger partial charge in [-0.15, -0.1) is 0 Å². The predicted molar refractivity (Wildman–Crippen MR) is 156 cm³/mol. The standard InChI is InChI=1S/C30H38N8O3/c1-3-31-15-22-16-32-17-24(20(22)2)21-4-5-25-23(14-21)27(36-35-25)28-33-18-26(34-28)29(39)38-8-6-30(40,7-9-38)19-37-10-12-41-13-11-37/h4-5,14,16-18,31,40H,3,6-13,15,19H2,1-2H3,(H,33,34)(H,35,36). The minimum absolute atomic E-state index is 0.114. The molecule has 11 heteroatoms. The van der Waals surface area contributed by atoms with E-state index in [2.05, 4.69) is 61.3 Å². The van der Waals surface area contributed by atoms with Crippen molar-refractivity contribution in [2.75, 3.05) is 52.5 Å². The van der Waals surface area contributed by atoms with E-state index in [-0.39, 0.29) is 5.91 Å². The van der Waals surface area contributed by atoms with E-state index >= 15 is 0 Å². The van der Waals surface area contributed by atoms with E-state index in [4.69, 9.17) is 4.74 Å². The number of likely N-dealkylation sites (tertiary alicyclic amines) is 1. The van der Waals surface area contributed by atoms with Gasteiger partial charge >= 0.3 is 0 Å². The highest BCUT2D eigenvalue weighted by Gasteiger charge is 2.36. The summed E-state index contributed by atoms with van der Waals surface area (Å²) in [5.74, 6) is 0.422. The van der Waals surface area contributed by atoms with Crippen LogP contribution in [0.3, 0.4) is 0 Å². The number of hydrogen-bond donors (Lipinski definition) is 4. The number of imidazole rings is 1. The zero-order chi connectivity index (χ0) is 28.4. The summed E-state index contributed by atoms with van der Waals surface area (Å²) >= 11 is 0. The van der Waals surface area contributed by atoms with E-state index in [9.17, 15) is 9.90 Å². The summed E-state index contributed by atoms with van der Waals surface area (Å²) < 4.78 is 5.42. The number of rotatable bonds is 8. The number of aromatic amines is 2. The average Bonchev–Trinajstić information content (AvgIpc) is 3.64. The number of H-pyrrole nitrogens is 2. The summed E-state index contributed by atoms with van der Waals surface area (Å²) in [5, 5.41) is 23.1. The van der Waals surface area contributed by atoms with Crippen molar-refractivity contribution in [2.45, 2.75) is 38.8 Å². The van der Waals surface area contributed by atoms with Crippen LogP contribution in [0.4, 0.5) is 0 Å². The maximum Gasteiger partial charge on any atom is 0.271 e. The van der Waals surface area contributed by atoms with Gasteiger partial charge in [-0.2, -0.15) is 5.10 Å². The molecule has 2 aliphatic rings. The van der Waals surface area contributed by atoms with Crippen LogP contribution in [0.15, 0.2) is 36.8 Å². The predicted octanol–water partition coefficient (Wildman–Crippen LogP) is 2.73. The Balaban J connectivity index is 1.17. The molecule has 2 fully saturated rings. The second-order valence-corrected chi connectivity index (χ2v) is 11.1. The molecule has 0 saturated carbocycles. The summed E-state index contributed by atoms with van der Waals surface area (Å²) in [5.41, 5.74) is 5.67. The zero-order valence-corrected chi connectivity index (χ0v) is 23.7. The normalized spacial score (nSPS) is 17.8. The Kier molecular flexibility index (Phi) is 7.85. The molecule has 0 bridgehead atoms. The molecular formula is C30H38N8O3. The maximum absolute atomic E-state index is 13.3. The molecule has 0 atom stereocenters. The molecule has 3 aromatic heterocycles. The monoisotopic (exact) mass is 558 g/mol. The number of aromatic nitrogens is 5. The van der Waals surface area contributed by atoms with Crippen LogP contribution in [0.2, 0.25) is 0 Å². The Morgan fingerprint density at radius 1 is 1.15 bits per heavy atom. The number of β-amino-alcohol motifs (C(OH)–C–C–N with tert-alkyl or cyclic N) is 1. The first kappa shape index (κ1) is 27.5. The van der Waals surface area contributed by atoms with Gasteiger partial charge in [0.05, 0.1) is 30.5 Å². The van der Waals surface area contributed by atoms with Crippen molar-refractivity contribution in [1.82, 2.24) is 40.3 Å². The van der Waals surface area contributed by atoms with Gasteiger partial charge < -0.3 is 25.0 Å². The average molecular weight is 559 g/mol. The molecule has 11 nitrogen and oxygen atoms in total. The number of aliphatic hydroxyl groups is 1. The van der Waals surface area contributed by atoms with Crippen LogP contribution in [0.1, 0.15) is 41.4 Å². The first-order valence-corrected chi connectivity index (χ1v) is 14.4. The molecule has 0 unspecified atom stereocenters. The molecule has 1 aromatic carbocycles. The highest BCUT2D eigenvalue weighted by molar-refractivity contribution is 5.96. The number of amides is 1. The van der Waals surface area contributed by atoms with Crippen molar-refractivity contribution < 1.29 is 14.6 Å². The number of pyridine rings is 1. The lowest BCUT2D eigenvalue weighted by Gasteiger charge is -2.41. The lowest BCUT2D eigenvalue weighted by molar-refractivity contribution is -0.0599. The van der Waals surface area contributed by atoms with Gasteiger partial charge in [0.15, 0.2) is 5.82 Å². The molecule has 4 N–H and O–H groups in total. The Morgan fingerprint density at radius 3 is 2.73 bits per heavy atom. The van der Waals surface area contributed by atoms with Crippen LogP contribution in [-0.4, -0.2) is 104 Å². The number of carbonyl (C=O) groups is 1. The first-order chi connectivity index (χ1) is 19.9. The topological polar surface area (TPSA) is 135 Å². The smallest absolute Gasteiger partial charge is 0.271 e. The van der Waals surface area contributed by atoms with Crippen LogP contribution in [-0.2, 0) is 11.3 Å². The minimum Gasteiger partial charge on any atom is -0.388 e. The van der Waals surface area contributed by atoms with Gasteiger partial charge in [0, 0.05) is 62.6 Å². The quantitative estimate of drug-likeness (QED) is 0.259. The van der Waals surface area contributed by atoms with Gasteiger partial charge in [0.25, 0.3) is 5.91 Å². The maximum atomic E-state index is 13.3. The SMILES string of the molecule is CCNCc1cncc(-c2ccc3[nH]nc(-c4ncc(C(=O)N5CCC(O)(CN6CCOCC6)CC5)[nH]4)c3c2)c1C. The van der Waals surface area contributed by atoms with Gasteiger partial charge in [-0.3, -0.25) is 19.8 Å². The van der Waals surface area contributed by atoms with Crippen molar-refractivity contribution in [3.05, 3.63) is 53.6 Å². The molecule has 41 heavy (non-hydrogen) atoms. The summed E-state index contributed by atoms with van der Waals surface area (Å²) in [7, 11) is 0. The molecule has 4 aromatic rings. The molecule has 216 valence electrons. The molecule has 0 spiro atoms. The molecule has 0 aliphatic carbocycles. The lowest BCUT2D eigenvalue weighted by atomic mass is 9.90. The van der Waals surface area contributed by atoms with Gasteiger partial charge in [0.1, 0.15) is 11.4 Å². The summed E-state index contributed by atoms with van der Waals surface area (Å²) in [6.45, 7) is 10.6. The molecular weight excluding hydrogens is 520 g/mol. The second-order valence-electron chi connectivity index (χ2n) is 11.1. The molecule has 2 saturated heterocycles. The summed E-state index contributed by atoms with van der Waals surface area (Å²) in [6.07, 6.45) is 6.49. The third-order valence-corrected chi connectivity index (χ3v) is 8.39. The van der Waals surface area contributed by atoms with Crippen molar-refractivity contribution in [3.8, 4) is 22.6 Å². The molecule has 0 radical (unpaired) electrons. The molecule has 2 aliphatic heterocycles. The van der Waals surface area contributed by atoms with Crippen molar-refractivity contribution in [2.24, 2.45) is 0 Å². The summed E-state index contributed by atoms with van der Waals surface area (Å²) in [4.78, 5) is 29.6. The third-order valence-electron chi connectivity index (χ3n) is 8.39. The number of carbonyl (C=O) groups excluding carboxylic acids is 1. The van der Waals surface area contributed by atoms with Crippen LogP contribution in [0.5, 0.6) is 0 Å². The highest BCUT2D eigenvalue weighted by atomic mass is 16.5. The van der Waals surface area contributed by atoms with Crippen LogP contribution in [0, 0.1) is 6.92 Å². The number of ether oxygens (including phenoxy) is 1. The number of nitrogens with zero attached hydrogens (tertiary/aromatic N) is 5. The number of benzene rings is 1. The van der Waals surface area contributed by atoms with E-state index in [1.165, 1.54) is 11.1 Å². The van der Waals surface area contributed by atoms with E-state index in [1.54, 1.807) is 11.1 Å². The number of morpholine rings is 1. The summed E-state index contributed by atoms with van der Waals surface area (Å²) in [6, 6.07) is 6.18. The van der Waals surface area contributed by atoms with Gasteiger partial charge in [-0.25, -0.2) is 4.98 Å². The fourth-order valence-corrected chi connectivity index (χ4v) is 5.84. The highest BCUT2D eigenvalue weighted by Crippen LogP contribution is 2.32. The van der Waals surface area contributed by atoms with Crippen molar-refractivity contribution in [1.29, 1.82) is 0 Å². The fourth-order valence-electron chi connectivity index (χ4n) is 5.84. The Morgan fingerprint density at radius 2 is 1.95 bits per heavy atom. The first-order valence-electron chi connectivity index (χ1n) is 14.4. The Labute approximate surface area is 239 Å². The van der Waals surface area contributed by atoms with Crippen molar-refractivity contribution in [3.63, 3.8) is 0 Å². The Bertz CT molecular complexity index is 1520. The number of piperidine rings is 1. The fraction of sp³-hybridized carbons (Fsp3) is 0.467. The number of nitrogens with one attached hydrogen (secondary N) is 3. The Hall–Kier alpha value is -3.64. The van der Waals surface area contributed by atoms with Crippen LogP contribution < -0.4 is 5.32 Å². The lowest BCUT2D eigenvalue weighted by Crippen LogP contribution is -2.53. The molecule has 6 rings (SSSR count). The van der Waals surface area contributed by atoms with Crippen LogP contribution >= 0.6 is 0 Å². The largest absolute Gasteiger partial charge is 0.388 e. The number of fused-ring (bicyclic) bond motifs is 1. The van der Waals surface area contributed by atoms with Crippen molar-refractivity contribution >= 4 is 16.8 Å². The molecule has 1 amide bonds. The van der Waals surface area contributed by atoms with E-state index in [0.29, 0.717) is 62.9 Å². The second kappa shape index (κ2) is 11.7. The number of hydrogen-bond acceptors (Lipinski definition) is 8. The minimum atomic E-state index is -0.779. The van der Waals surface area contributed by atoms with Gasteiger partial charge in [-0.1, -0.05) is 13.0 Å². The van der Waals surface area contributed by atoms with E-state index in [0.717, 1.165) is 48.2 Å². The van der Waals surface area contributed by atoms with E-state index in [1.807, 2.05) is 18.5 Å². The van der Waals surface area contributed by atoms with Crippen LogP contribution in [0.25, 0.3) is 33.5 Å². The zero-order valence-electron chi connectivity index (χ0n) is 23.7. The van der Waals surface area contributed by atoms with Gasteiger partial charge in [-0.05, 0) is 55.1 Å². The van der Waals surface area contributed by atoms with E-state index < -0.39 is 5.60 Å². The third kappa shape index (κ3) is 5.76. The van der Waals surface area contributed by atoms with Gasteiger partial charge in [0.2, 0.25) is 0 Å². The molecule has 5 heterocycles.